The molecule has 182 valence electrons. The fraction of sp³-hybridized carbons (Fsp3) is 0.500. The second kappa shape index (κ2) is 10.1. The Hall–Kier alpha value is -3.03. The van der Waals surface area contributed by atoms with Crippen molar-refractivity contribution in [3.05, 3.63) is 53.9 Å². The summed E-state index contributed by atoms with van der Waals surface area (Å²) >= 11 is 0. The number of urea groups is 1. The Morgan fingerprint density at radius 1 is 1.18 bits per heavy atom. The third-order valence-electron chi connectivity index (χ3n) is 6.61. The molecule has 2 aromatic rings. The summed E-state index contributed by atoms with van der Waals surface area (Å²) < 4.78 is 37.6. The maximum absolute atomic E-state index is 13.0. The molecular weight excluding hydrogens is 440 g/mol. The van der Waals surface area contributed by atoms with Gasteiger partial charge in [0.05, 0.1) is 30.5 Å². The van der Waals surface area contributed by atoms with Crippen molar-refractivity contribution in [3.8, 4) is 11.5 Å². The highest BCUT2D eigenvalue weighted by Gasteiger charge is 2.57. The highest BCUT2D eigenvalue weighted by molar-refractivity contribution is 6.04. The van der Waals surface area contributed by atoms with E-state index in [1.165, 1.54) is 0 Å². The molecule has 3 atom stereocenters. The van der Waals surface area contributed by atoms with Gasteiger partial charge in [0.2, 0.25) is 0 Å². The number of aliphatic imine (C=N–C) groups is 1. The molecule has 3 unspecified atom stereocenters. The number of benzene rings is 1. The van der Waals surface area contributed by atoms with E-state index < -0.39 is 11.8 Å². The van der Waals surface area contributed by atoms with Crippen LogP contribution in [0.1, 0.15) is 56.7 Å². The molecule has 0 radical (unpaired) electrons. The monoisotopic (exact) mass is 471 g/mol. The first kappa shape index (κ1) is 24.1. The zero-order valence-electron chi connectivity index (χ0n) is 19.8. The van der Waals surface area contributed by atoms with E-state index in [1.54, 1.807) is 18.1 Å². The number of pyridine rings is 1. The Morgan fingerprint density at radius 2 is 1.88 bits per heavy atom. The first-order valence-electron chi connectivity index (χ1n) is 11.8. The van der Waals surface area contributed by atoms with Gasteiger partial charge in [-0.3, -0.25) is 4.98 Å². The van der Waals surface area contributed by atoms with Crippen molar-refractivity contribution in [3.63, 3.8) is 0 Å². The molecule has 1 heterocycles. The van der Waals surface area contributed by atoms with Crippen molar-refractivity contribution in [2.45, 2.75) is 57.5 Å². The summed E-state index contributed by atoms with van der Waals surface area (Å²) in [5.74, 6) is -1.63. The zero-order chi connectivity index (χ0) is 24.3. The molecule has 4 rings (SSSR count). The van der Waals surface area contributed by atoms with E-state index in [9.17, 15) is 13.6 Å². The maximum atomic E-state index is 13.0. The minimum absolute atomic E-state index is 0.0314. The lowest BCUT2D eigenvalue weighted by molar-refractivity contribution is 0.0855. The van der Waals surface area contributed by atoms with Crippen LogP contribution in [0.5, 0.6) is 11.5 Å². The average molecular weight is 472 g/mol. The Bertz CT molecular complexity index is 1020. The van der Waals surface area contributed by atoms with E-state index in [0.717, 1.165) is 36.3 Å². The molecule has 0 aliphatic heterocycles. The Kier molecular flexibility index (Phi) is 7.14. The number of alkyl halides is 2. The van der Waals surface area contributed by atoms with Crippen molar-refractivity contribution in [1.29, 1.82) is 0 Å². The summed E-state index contributed by atoms with van der Waals surface area (Å²) in [6.07, 6.45) is 4.40. The Labute approximate surface area is 199 Å². The predicted octanol–water partition coefficient (Wildman–Crippen LogP) is 5.71. The molecule has 2 fully saturated rings. The van der Waals surface area contributed by atoms with Gasteiger partial charge in [-0.2, -0.15) is 4.99 Å². The minimum Gasteiger partial charge on any atom is -0.491 e. The number of aromatic nitrogens is 1. The SMILES string of the molecule is CCN(C)C(=O)N=C(C)c1ccc(OC2CCC(c3ccc(OCC4CC4(F)F)cn3)C2)cc1. The number of hydrogen-bond donors (Lipinski definition) is 0. The number of rotatable bonds is 8. The lowest BCUT2D eigenvalue weighted by atomic mass is 10.0. The Morgan fingerprint density at radius 3 is 2.50 bits per heavy atom. The van der Waals surface area contributed by atoms with E-state index in [0.29, 0.717) is 23.9 Å². The topological polar surface area (TPSA) is 64.0 Å². The van der Waals surface area contributed by atoms with Crippen molar-refractivity contribution in [2.24, 2.45) is 10.9 Å². The van der Waals surface area contributed by atoms with Crippen LogP contribution in [0.15, 0.2) is 47.6 Å². The molecule has 6 nitrogen and oxygen atoms in total. The van der Waals surface area contributed by atoms with Crippen LogP contribution in [-0.4, -0.2) is 53.9 Å². The minimum atomic E-state index is -2.57. The molecule has 8 heteroatoms. The standard InChI is InChI=1S/C26H31F2N3O3/c1-4-31(3)25(32)30-17(2)18-5-8-21(9-6-18)34-22-10-7-19(13-22)24-12-11-23(15-29-24)33-16-20-14-26(20,27)28/h5-6,8-9,11-12,15,19-20,22H,4,7,10,13-14,16H2,1-3H3. The average Bonchev–Trinajstić information content (AvgIpc) is 3.20. The van der Waals surface area contributed by atoms with Gasteiger partial charge in [0.25, 0.3) is 5.92 Å². The smallest absolute Gasteiger partial charge is 0.343 e. The first-order valence-corrected chi connectivity index (χ1v) is 11.8. The van der Waals surface area contributed by atoms with Crippen molar-refractivity contribution < 1.29 is 23.0 Å². The van der Waals surface area contributed by atoms with Crippen LogP contribution in [0.4, 0.5) is 13.6 Å². The van der Waals surface area contributed by atoms with Gasteiger partial charge in [0, 0.05) is 31.6 Å². The molecule has 1 aromatic heterocycles. The summed E-state index contributed by atoms with van der Waals surface area (Å²) in [6, 6.07) is 11.1. The molecule has 0 spiro atoms. The van der Waals surface area contributed by atoms with Gasteiger partial charge in [-0.15, -0.1) is 0 Å². The van der Waals surface area contributed by atoms with E-state index in [2.05, 4.69) is 9.98 Å². The zero-order valence-corrected chi connectivity index (χ0v) is 19.8. The van der Waals surface area contributed by atoms with Gasteiger partial charge in [-0.25, -0.2) is 13.6 Å². The van der Waals surface area contributed by atoms with Crippen LogP contribution >= 0.6 is 0 Å². The molecule has 0 saturated heterocycles. The quantitative estimate of drug-likeness (QED) is 0.463. The van der Waals surface area contributed by atoms with Crippen LogP contribution in [0.3, 0.4) is 0 Å². The van der Waals surface area contributed by atoms with Crippen LogP contribution in [0.25, 0.3) is 0 Å². The van der Waals surface area contributed by atoms with Gasteiger partial charge in [-0.1, -0.05) is 0 Å². The van der Waals surface area contributed by atoms with E-state index in [1.807, 2.05) is 50.2 Å². The number of nitrogens with zero attached hydrogens (tertiary/aromatic N) is 3. The van der Waals surface area contributed by atoms with Crippen molar-refractivity contribution in [2.75, 3.05) is 20.2 Å². The van der Waals surface area contributed by atoms with E-state index in [-0.39, 0.29) is 25.2 Å². The summed E-state index contributed by atoms with van der Waals surface area (Å²) in [5.41, 5.74) is 2.52. The molecular formula is C26H31F2N3O3. The number of amides is 2. The lowest BCUT2D eigenvalue weighted by Gasteiger charge is -2.15. The van der Waals surface area contributed by atoms with Gasteiger partial charge >= 0.3 is 6.03 Å². The molecule has 1 aromatic carbocycles. The van der Waals surface area contributed by atoms with Crippen LogP contribution < -0.4 is 9.47 Å². The fourth-order valence-electron chi connectivity index (χ4n) is 4.08. The molecule has 0 N–H and O–H groups in total. The molecule has 0 bridgehead atoms. The highest BCUT2D eigenvalue weighted by Crippen LogP contribution is 2.48. The van der Waals surface area contributed by atoms with Gasteiger partial charge in [0.1, 0.15) is 11.5 Å². The number of ether oxygens (including phenoxy) is 2. The van der Waals surface area contributed by atoms with Gasteiger partial charge in [0.15, 0.2) is 0 Å². The van der Waals surface area contributed by atoms with E-state index >= 15 is 0 Å². The third-order valence-corrected chi connectivity index (χ3v) is 6.61. The second-order valence-electron chi connectivity index (χ2n) is 9.16. The molecule has 34 heavy (non-hydrogen) atoms. The first-order chi connectivity index (χ1) is 16.2. The van der Waals surface area contributed by atoms with E-state index in [4.69, 9.17) is 9.47 Å². The van der Waals surface area contributed by atoms with Crippen molar-refractivity contribution in [1.82, 2.24) is 9.88 Å². The van der Waals surface area contributed by atoms with Crippen LogP contribution in [0.2, 0.25) is 0 Å². The summed E-state index contributed by atoms with van der Waals surface area (Å²) in [6.45, 7) is 4.37. The lowest BCUT2D eigenvalue weighted by Crippen LogP contribution is -2.23. The number of carbonyl (C=O) groups is 1. The summed E-state index contributed by atoms with van der Waals surface area (Å²) in [4.78, 5) is 22.2. The van der Waals surface area contributed by atoms with Gasteiger partial charge in [-0.05, 0) is 75.1 Å². The predicted molar refractivity (Wildman–Crippen MR) is 126 cm³/mol. The fourth-order valence-corrected chi connectivity index (χ4v) is 4.08. The Balaban J connectivity index is 1.27. The number of hydrogen-bond acceptors (Lipinski definition) is 4. The maximum Gasteiger partial charge on any atom is 0.343 e. The van der Waals surface area contributed by atoms with Crippen LogP contribution in [0, 0.1) is 5.92 Å². The van der Waals surface area contributed by atoms with Gasteiger partial charge < -0.3 is 14.4 Å². The second-order valence-corrected chi connectivity index (χ2v) is 9.16. The van der Waals surface area contributed by atoms with Crippen LogP contribution in [-0.2, 0) is 0 Å². The highest BCUT2D eigenvalue weighted by atomic mass is 19.3. The summed E-state index contributed by atoms with van der Waals surface area (Å²) in [5, 5.41) is 0. The third kappa shape index (κ3) is 5.90. The largest absolute Gasteiger partial charge is 0.491 e. The van der Waals surface area contributed by atoms with Crippen molar-refractivity contribution >= 4 is 11.7 Å². The number of halogens is 2. The molecule has 2 aliphatic carbocycles. The molecule has 2 aliphatic rings. The summed E-state index contributed by atoms with van der Waals surface area (Å²) in [7, 11) is 1.72. The number of carbonyl (C=O) groups excluding carboxylic acids is 1. The molecule has 2 amide bonds. The normalized spacial score (nSPS) is 23.4. The molecule has 2 saturated carbocycles.